The van der Waals surface area contributed by atoms with Crippen LogP contribution in [-0.4, -0.2) is 34.6 Å². The number of ketones is 1. The molecular formula is C22H16F2N2O5S. The number of ether oxygens (including phenoxy) is 2. The van der Waals surface area contributed by atoms with Gasteiger partial charge >= 0.3 is 12.6 Å². The van der Waals surface area contributed by atoms with E-state index in [9.17, 15) is 18.4 Å². The molecule has 1 unspecified atom stereocenters. The number of thiophene rings is 1. The van der Waals surface area contributed by atoms with Crippen LogP contribution in [0.2, 0.25) is 0 Å². The number of nitrogens with zero attached hydrogens (tertiary/aromatic N) is 2. The number of hydrogen-bond acceptors (Lipinski definition) is 8. The molecule has 164 valence electrons. The Morgan fingerprint density at radius 1 is 1.16 bits per heavy atom. The van der Waals surface area contributed by atoms with Crippen LogP contribution in [0.3, 0.4) is 0 Å². The lowest BCUT2D eigenvalue weighted by atomic mass is 10.1. The van der Waals surface area contributed by atoms with Crippen LogP contribution in [0.4, 0.5) is 8.78 Å². The standard InChI is InChI=1S/C22H16F2N2O5S/c1-11-18-15(10-16(17-4-3-9-32-17)25-20(18)31-26-11)21(28)29-12(2)19(27)13-5-7-14(8-6-13)30-22(23)24/h3-10,12,22H,1-2H3. The molecule has 7 nitrogen and oxygen atoms in total. The Morgan fingerprint density at radius 3 is 2.56 bits per heavy atom. The van der Waals surface area contributed by atoms with E-state index in [1.54, 1.807) is 13.0 Å². The Bertz CT molecular complexity index is 1270. The second kappa shape index (κ2) is 8.83. The van der Waals surface area contributed by atoms with Crippen molar-refractivity contribution in [2.24, 2.45) is 0 Å². The Hall–Kier alpha value is -3.66. The lowest BCUT2D eigenvalue weighted by Gasteiger charge is -2.13. The molecule has 0 N–H and O–H groups in total. The summed E-state index contributed by atoms with van der Waals surface area (Å²) in [6.07, 6.45) is -1.13. The normalized spacial score (nSPS) is 12.2. The molecule has 0 amide bonds. The molecule has 10 heteroatoms. The van der Waals surface area contributed by atoms with Gasteiger partial charge in [-0.15, -0.1) is 11.3 Å². The molecular weight excluding hydrogens is 442 g/mol. The molecule has 4 rings (SSSR count). The molecule has 4 aromatic rings. The summed E-state index contributed by atoms with van der Waals surface area (Å²) in [5.74, 6) is -1.31. The van der Waals surface area contributed by atoms with E-state index in [0.717, 1.165) is 4.88 Å². The zero-order valence-corrected chi connectivity index (χ0v) is 17.7. The highest BCUT2D eigenvalue weighted by atomic mass is 32.1. The number of carbonyl (C=O) groups is 2. The van der Waals surface area contributed by atoms with E-state index < -0.39 is 24.5 Å². The van der Waals surface area contributed by atoms with Crippen LogP contribution in [0.25, 0.3) is 21.7 Å². The molecule has 0 aliphatic rings. The number of rotatable bonds is 7. The highest BCUT2D eigenvalue weighted by Crippen LogP contribution is 2.30. The summed E-state index contributed by atoms with van der Waals surface area (Å²) in [4.78, 5) is 30.9. The molecule has 0 aliphatic carbocycles. The number of benzene rings is 1. The average Bonchev–Trinajstić information content (AvgIpc) is 3.43. The molecule has 3 aromatic heterocycles. The summed E-state index contributed by atoms with van der Waals surface area (Å²) < 4.78 is 39.5. The lowest BCUT2D eigenvalue weighted by Crippen LogP contribution is -2.24. The third-order valence-corrected chi connectivity index (χ3v) is 5.52. The second-order valence-corrected chi connectivity index (χ2v) is 7.74. The molecule has 1 aromatic carbocycles. The molecule has 0 aliphatic heterocycles. The lowest BCUT2D eigenvalue weighted by molar-refractivity contribution is -0.0498. The monoisotopic (exact) mass is 458 g/mol. The van der Waals surface area contributed by atoms with Crippen molar-refractivity contribution in [2.45, 2.75) is 26.6 Å². The number of fused-ring (bicyclic) bond motifs is 1. The molecule has 0 bridgehead atoms. The van der Waals surface area contributed by atoms with Crippen LogP contribution in [0.1, 0.15) is 33.3 Å². The zero-order valence-electron chi connectivity index (χ0n) is 16.9. The van der Waals surface area contributed by atoms with Crippen LogP contribution >= 0.6 is 11.3 Å². The van der Waals surface area contributed by atoms with Gasteiger partial charge in [-0.25, -0.2) is 9.78 Å². The number of alkyl halides is 2. The van der Waals surface area contributed by atoms with Crippen molar-refractivity contribution in [1.82, 2.24) is 10.1 Å². The summed E-state index contributed by atoms with van der Waals surface area (Å²) in [7, 11) is 0. The van der Waals surface area contributed by atoms with Gasteiger partial charge in [0.15, 0.2) is 6.10 Å². The predicted octanol–water partition coefficient (Wildman–Crippen LogP) is 5.29. The van der Waals surface area contributed by atoms with Crippen LogP contribution in [-0.2, 0) is 4.74 Å². The Morgan fingerprint density at radius 2 is 1.91 bits per heavy atom. The number of pyridine rings is 1. The summed E-state index contributed by atoms with van der Waals surface area (Å²) in [5, 5.41) is 6.16. The summed E-state index contributed by atoms with van der Waals surface area (Å²) in [6, 6.07) is 10.4. The van der Waals surface area contributed by atoms with E-state index in [2.05, 4.69) is 14.9 Å². The molecule has 0 radical (unpaired) electrons. The minimum atomic E-state index is -2.96. The van der Waals surface area contributed by atoms with Crippen molar-refractivity contribution in [2.75, 3.05) is 0 Å². The van der Waals surface area contributed by atoms with E-state index in [0.29, 0.717) is 16.8 Å². The number of halogens is 2. The minimum absolute atomic E-state index is 0.0792. The Balaban J connectivity index is 1.58. The number of Topliss-reactive ketones (excluding diaryl/α,β-unsaturated/α-hetero) is 1. The van der Waals surface area contributed by atoms with Crippen molar-refractivity contribution in [3.05, 3.63) is 64.7 Å². The SMILES string of the molecule is Cc1noc2nc(-c3cccs3)cc(C(=O)OC(C)C(=O)c3ccc(OC(F)F)cc3)c12. The molecule has 1 atom stereocenters. The number of aromatic nitrogens is 2. The summed E-state index contributed by atoms with van der Waals surface area (Å²) in [5.41, 5.74) is 1.54. The van der Waals surface area contributed by atoms with Gasteiger partial charge < -0.3 is 14.0 Å². The number of carbonyl (C=O) groups excluding carboxylic acids is 2. The van der Waals surface area contributed by atoms with E-state index in [4.69, 9.17) is 9.26 Å². The minimum Gasteiger partial charge on any atom is -0.451 e. The van der Waals surface area contributed by atoms with Crippen molar-refractivity contribution >= 4 is 34.2 Å². The number of hydrogen-bond donors (Lipinski definition) is 0. The maximum atomic E-state index is 13.0. The van der Waals surface area contributed by atoms with Crippen molar-refractivity contribution in [3.63, 3.8) is 0 Å². The first-order chi connectivity index (χ1) is 15.3. The average molecular weight is 458 g/mol. The quantitative estimate of drug-likeness (QED) is 0.274. The van der Waals surface area contributed by atoms with E-state index in [-0.39, 0.29) is 22.6 Å². The van der Waals surface area contributed by atoms with Gasteiger partial charge in [0.25, 0.3) is 5.71 Å². The van der Waals surface area contributed by atoms with E-state index in [1.807, 2.05) is 17.5 Å². The molecule has 3 heterocycles. The van der Waals surface area contributed by atoms with Gasteiger partial charge in [0.05, 0.1) is 27.2 Å². The van der Waals surface area contributed by atoms with Crippen LogP contribution in [0.5, 0.6) is 5.75 Å². The molecule has 0 spiro atoms. The van der Waals surface area contributed by atoms with Crippen molar-refractivity contribution in [1.29, 1.82) is 0 Å². The second-order valence-electron chi connectivity index (χ2n) is 6.80. The van der Waals surface area contributed by atoms with Gasteiger partial charge in [0, 0.05) is 5.56 Å². The fraction of sp³-hybridized carbons (Fsp3) is 0.182. The fourth-order valence-electron chi connectivity index (χ4n) is 3.12. The van der Waals surface area contributed by atoms with Gasteiger partial charge in [-0.05, 0) is 55.6 Å². The maximum absolute atomic E-state index is 13.0. The third kappa shape index (κ3) is 4.35. The van der Waals surface area contributed by atoms with Crippen molar-refractivity contribution < 1.29 is 32.4 Å². The molecule has 0 saturated heterocycles. The largest absolute Gasteiger partial charge is 0.451 e. The summed E-state index contributed by atoms with van der Waals surface area (Å²) >= 11 is 1.44. The van der Waals surface area contributed by atoms with E-state index in [1.165, 1.54) is 42.5 Å². The molecule has 0 saturated carbocycles. The molecule has 32 heavy (non-hydrogen) atoms. The predicted molar refractivity (Wildman–Crippen MR) is 112 cm³/mol. The van der Waals surface area contributed by atoms with Crippen molar-refractivity contribution in [3.8, 4) is 16.3 Å². The zero-order chi connectivity index (χ0) is 22.8. The maximum Gasteiger partial charge on any atom is 0.387 e. The Kier molecular flexibility index (Phi) is 5.95. The first-order valence-electron chi connectivity index (χ1n) is 9.44. The summed E-state index contributed by atoms with van der Waals surface area (Å²) in [6.45, 7) is 0.142. The van der Waals surface area contributed by atoms with Gasteiger partial charge in [0.2, 0.25) is 5.78 Å². The fourth-order valence-corrected chi connectivity index (χ4v) is 3.81. The van der Waals surface area contributed by atoms with Crippen LogP contribution < -0.4 is 4.74 Å². The Labute approximate surface area is 184 Å². The van der Waals surface area contributed by atoms with Crippen LogP contribution in [0.15, 0.2) is 52.4 Å². The van der Waals surface area contributed by atoms with Gasteiger partial charge in [-0.2, -0.15) is 8.78 Å². The molecule has 0 fully saturated rings. The first-order valence-corrected chi connectivity index (χ1v) is 10.3. The first kappa shape index (κ1) is 21.6. The highest BCUT2D eigenvalue weighted by molar-refractivity contribution is 7.13. The number of aryl methyl sites for hydroxylation is 1. The van der Waals surface area contributed by atoms with Gasteiger partial charge in [-0.3, -0.25) is 4.79 Å². The van der Waals surface area contributed by atoms with Crippen LogP contribution in [0, 0.1) is 6.92 Å². The topological polar surface area (TPSA) is 91.5 Å². The van der Waals surface area contributed by atoms with Gasteiger partial charge in [-0.1, -0.05) is 11.2 Å². The smallest absolute Gasteiger partial charge is 0.387 e. The number of esters is 1. The third-order valence-electron chi connectivity index (χ3n) is 4.63. The van der Waals surface area contributed by atoms with Gasteiger partial charge in [0.1, 0.15) is 5.75 Å². The van der Waals surface area contributed by atoms with E-state index >= 15 is 0 Å². The highest BCUT2D eigenvalue weighted by Gasteiger charge is 2.25.